The van der Waals surface area contributed by atoms with E-state index < -0.39 is 5.82 Å². The van der Waals surface area contributed by atoms with Crippen LogP contribution in [-0.2, 0) is 9.53 Å². The van der Waals surface area contributed by atoms with Gasteiger partial charge in [-0.05, 0) is 50.6 Å². The lowest BCUT2D eigenvalue weighted by molar-refractivity contribution is -0.123. The molecule has 0 bridgehead atoms. The molecule has 0 radical (unpaired) electrons. The van der Waals surface area contributed by atoms with Crippen LogP contribution in [0.5, 0.6) is 0 Å². The van der Waals surface area contributed by atoms with E-state index in [1.807, 2.05) is 6.92 Å². The van der Waals surface area contributed by atoms with E-state index in [1.165, 1.54) is 6.07 Å². The van der Waals surface area contributed by atoms with Crippen molar-refractivity contribution in [3.63, 3.8) is 0 Å². The Kier molecular flexibility index (Phi) is 4.87. The highest BCUT2D eigenvalue weighted by molar-refractivity contribution is 5.91. The third-order valence-corrected chi connectivity index (χ3v) is 3.13. The molecule has 1 saturated heterocycles. The summed E-state index contributed by atoms with van der Waals surface area (Å²) >= 11 is 0. The predicted molar refractivity (Wildman–Crippen MR) is 71.6 cm³/mol. The maximum Gasteiger partial charge on any atom is 0.250 e. The Bertz CT molecular complexity index is 445. The van der Waals surface area contributed by atoms with Crippen molar-refractivity contribution in [2.75, 3.05) is 25.0 Å². The molecule has 4 nitrogen and oxygen atoms in total. The second kappa shape index (κ2) is 6.63. The average molecular weight is 266 g/mol. The highest BCUT2D eigenvalue weighted by Crippen LogP contribution is 2.15. The Balaban J connectivity index is 1.81. The number of rotatable bonds is 4. The Morgan fingerprint density at radius 2 is 2.21 bits per heavy atom. The lowest BCUT2D eigenvalue weighted by Gasteiger charge is -2.22. The second-order valence-corrected chi connectivity index (χ2v) is 4.79. The van der Waals surface area contributed by atoms with Crippen molar-refractivity contribution in [1.29, 1.82) is 0 Å². The first kappa shape index (κ1) is 14.0. The number of piperidine rings is 1. The van der Waals surface area contributed by atoms with Crippen LogP contribution < -0.4 is 10.6 Å². The summed E-state index contributed by atoms with van der Waals surface area (Å²) in [5.41, 5.74) is 1.11. The molecule has 104 valence electrons. The van der Waals surface area contributed by atoms with Crippen molar-refractivity contribution in [3.05, 3.63) is 29.6 Å². The average Bonchev–Trinajstić information content (AvgIpc) is 2.42. The molecular formula is C14H19FN2O2. The smallest absolute Gasteiger partial charge is 0.250 e. The fourth-order valence-corrected chi connectivity index (χ4v) is 2.08. The Hall–Kier alpha value is -1.46. The van der Waals surface area contributed by atoms with Crippen LogP contribution in [0, 0.1) is 12.7 Å². The molecule has 0 aliphatic carbocycles. The van der Waals surface area contributed by atoms with Crippen LogP contribution in [0.4, 0.5) is 10.1 Å². The summed E-state index contributed by atoms with van der Waals surface area (Å²) in [5, 5.41) is 5.76. The minimum Gasteiger partial charge on any atom is -0.368 e. The van der Waals surface area contributed by atoms with E-state index >= 15 is 0 Å². The van der Waals surface area contributed by atoms with Crippen LogP contribution in [0.1, 0.15) is 18.4 Å². The Morgan fingerprint density at radius 3 is 2.95 bits per heavy atom. The largest absolute Gasteiger partial charge is 0.368 e. The van der Waals surface area contributed by atoms with Crippen LogP contribution in [0.3, 0.4) is 0 Å². The van der Waals surface area contributed by atoms with Crippen LogP contribution >= 0.6 is 0 Å². The van der Waals surface area contributed by atoms with Crippen molar-refractivity contribution >= 4 is 11.6 Å². The molecule has 1 aromatic carbocycles. The SMILES string of the molecule is Cc1ccc(F)c(NC(=O)COC2CCNCC2)c1. The molecule has 2 N–H and O–H groups in total. The third kappa shape index (κ3) is 4.29. The summed E-state index contributed by atoms with van der Waals surface area (Å²) in [4.78, 5) is 11.7. The monoisotopic (exact) mass is 266 g/mol. The quantitative estimate of drug-likeness (QED) is 0.874. The van der Waals surface area contributed by atoms with Gasteiger partial charge in [0.1, 0.15) is 12.4 Å². The first-order chi connectivity index (χ1) is 9.15. The number of ether oxygens (including phenoxy) is 1. The van der Waals surface area contributed by atoms with E-state index in [2.05, 4.69) is 10.6 Å². The number of nitrogens with one attached hydrogen (secondary N) is 2. The minimum absolute atomic E-state index is 0.0297. The zero-order chi connectivity index (χ0) is 13.7. The summed E-state index contributed by atoms with van der Waals surface area (Å²) in [6.07, 6.45) is 1.94. The summed E-state index contributed by atoms with van der Waals surface area (Å²) in [5.74, 6) is -0.746. The van der Waals surface area contributed by atoms with Gasteiger partial charge in [-0.3, -0.25) is 4.79 Å². The zero-order valence-corrected chi connectivity index (χ0v) is 11.0. The van der Waals surface area contributed by atoms with Crippen LogP contribution in [0.2, 0.25) is 0 Å². The van der Waals surface area contributed by atoms with Gasteiger partial charge in [-0.15, -0.1) is 0 Å². The topological polar surface area (TPSA) is 50.4 Å². The second-order valence-electron chi connectivity index (χ2n) is 4.79. The lowest BCUT2D eigenvalue weighted by atomic mass is 10.1. The number of anilines is 1. The predicted octanol–water partition coefficient (Wildman–Crippen LogP) is 1.84. The molecule has 5 heteroatoms. The molecule has 1 fully saturated rings. The number of carbonyl (C=O) groups excluding carboxylic acids is 1. The van der Waals surface area contributed by atoms with Crippen molar-refractivity contribution in [2.24, 2.45) is 0 Å². The Morgan fingerprint density at radius 1 is 1.47 bits per heavy atom. The van der Waals surface area contributed by atoms with Crippen LogP contribution in [0.15, 0.2) is 18.2 Å². The van der Waals surface area contributed by atoms with Gasteiger partial charge >= 0.3 is 0 Å². The Labute approximate surface area is 112 Å². The van der Waals surface area contributed by atoms with E-state index in [0.29, 0.717) is 0 Å². The van der Waals surface area contributed by atoms with E-state index in [1.54, 1.807) is 12.1 Å². The van der Waals surface area contributed by atoms with Gasteiger partial charge in [-0.25, -0.2) is 4.39 Å². The number of carbonyl (C=O) groups is 1. The van der Waals surface area contributed by atoms with Gasteiger partial charge in [-0.1, -0.05) is 6.07 Å². The van der Waals surface area contributed by atoms with Gasteiger partial charge in [0.05, 0.1) is 11.8 Å². The third-order valence-electron chi connectivity index (χ3n) is 3.13. The highest BCUT2D eigenvalue weighted by atomic mass is 19.1. The van der Waals surface area contributed by atoms with Gasteiger partial charge in [0.25, 0.3) is 0 Å². The highest BCUT2D eigenvalue weighted by Gasteiger charge is 2.15. The van der Waals surface area contributed by atoms with E-state index in [0.717, 1.165) is 31.5 Å². The maximum atomic E-state index is 13.5. The number of benzene rings is 1. The van der Waals surface area contributed by atoms with Gasteiger partial charge < -0.3 is 15.4 Å². The van der Waals surface area contributed by atoms with Gasteiger partial charge in [0.2, 0.25) is 5.91 Å². The molecule has 1 aliphatic heterocycles. The number of hydrogen-bond acceptors (Lipinski definition) is 3. The number of hydrogen-bond donors (Lipinski definition) is 2. The summed E-state index contributed by atoms with van der Waals surface area (Å²) < 4.78 is 19.0. The zero-order valence-electron chi connectivity index (χ0n) is 11.0. The minimum atomic E-state index is -0.430. The fraction of sp³-hybridized carbons (Fsp3) is 0.500. The molecule has 1 aliphatic rings. The molecule has 0 spiro atoms. The fourth-order valence-electron chi connectivity index (χ4n) is 2.08. The standard InChI is InChI=1S/C14H19FN2O2/c1-10-2-3-12(15)13(8-10)17-14(18)9-19-11-4-6-16-7-5-11/h2-3,8,11,16H,4-7,9H2,1H3,(H,17,18). The molecule has 0 atom stereocenters. The molecule has 1 amide bonds. The van der Waals surface area contributed by atoms with Gasteiger partial charge in [0.15, 0.2) is 0 Å². The molecule has 1 heterocycles. The number of halogens is 1. The van der Waals surface area contributed by atoms with Crippen molar-refractivity contribution in [1.82, 2.24) is 5.32 Å². The summed E-state index contributed by atoms with van der Waals surface area (Å²) in [7, 11) is 0. The molecule has 0 saturated carbocycles. The lowest BCUT2D eigenvalue weighted by Crippen LogP contribution is -2.34. The molecule has 0 unspecified atom stereocenters. The van der Waals surface area contributed by atoms with E-state index in [9.17, 15) is 9.18 Å². The van der Waals surface area contributed by atoms with Gasteiger partial charge in [0, 0.05) is 0 Å². The molecule has 1 aromatic rings. The molecular weight excluding hydrogens is 247 g/mol. The number of aryl methyl sites for hydroxylation is 1. The number of amides is 1. The van der Waals surface area contributed by atoms with Gasteiger partial charge in [-0.2, -0.15) is 0 Å². The van der Waals surface area contributed by atoms with Crippen LogP contribution in [-0.4, -0.2) is 31.7 Å². The van der Waals surface area contributed by atoms with E-state index in [-0.39, 0.29) is 24.3 Å². The first-order valence-electron chi connectivity index (χ1n) is 6.53. The molecule has 2 rings (SSSR count). The summed E-state index contributed by atoms with van der Waals surface area (Å²) in [6.45, 7) is 3.65. The first-order valence-corrected chi connectivity index (χ1v) is 6.53. The summed E-state index contributed by atoms with van der Waals surface area (Å²) in [6, 6.07) is 4.62. The molecule has 19 heavy (non-hydrogen) atoms. The van der Waals surface area contributed by atoms with Crippen molar-refractivity contribution < 1.29 is 13.9 Å². The van der Waals surface area contributed by atoms with Crippen molar-refractivity contribution in [2.45, 2.75) is 25.9 Å². The van der Waals surface area contributed by atoms with Crippen LogP contribution in [0.25, 0.3) is 0 Å². The van der Waals surface area contributed by atoms with Crippen molar-refractivity contribution in [3.8, 4) is 0 Å². The van der Waals surface area contributed by atoms with E-state index in [4.69, 9.17) is 4.74 Å². The molecule has 0 aromatic heterocycles. The normalized spacial score (nSPS) is 16.3. The maximum absolute atomic E-state index is 13.5.